The van der Waals surface area contributed by atoms with E-state index in [4.69, 9.17) is 12.2 Å². The number of aromatic nitrogens is 1. The van der Waals surface area contributed by atoms with E-state index in [1.54, 1.807) is 0 Å². The molecule has 1 heterocycles. The monoisotopic (exact) mass is 258 g/mol. The quantitative estimate of drug-likeness (QED) is 0.771. The molecule has 3 heteroatoms. The highest BCUT2D eigenvalue weighted by Crippen LogP contribution is 2.27. The second kappa shape index (κ2) is 4.65. The molecule has 2 rings (SSSR count). The Kier molecular flexibility index (Phi) is 3.35. The highest BCUT2D eigenvalue weighted by Gasteiger charge is 2.17. The Bertz CT molecular complexity index is 597. The van der Waals surface area contributed by atoms with Gasteiger partial charge in [0.05, 0.1) is 4.99 Å². The summed E-state index contributed by atoms with van der Waals surface area (Å²) in [7, 11) is 0. The van der Waals surface area contributed by atoms with E-state index < -0.39 is 0 Å². The topological polar surface area (TPSA) is 24.9 Å². The maximum Gasteiger partial charge on any atom is 0.0851 e. The molecule has 1 N–H and O–H groups in total. The molecular formula is C15H18N2S. The van der Waals surface area contributed by atoms with E-state index in [-0.39, 0.29) is 5.41 Å². The highest BCUT2D eigenvalue weighted by atomic mass is 32.1. The third-order valence-corrected chi connectivity index (χ3v) is 3.54. The largest absolute Gasteiger partial charge is 0.349 e. The molecule has 0 aliphatic heterocycles. The van der Waals surface area contributed by atoms with Crippen molar-refractivity contribution in [3.8, 4) is 0 Å². The van der Waals surface area contributed by atoms with Crippen molar-refractivity contribution in [1.82, 2.24) is 4.98 Å². The van der Waals surface area contributed by atoms with Crippen molar-refractivity contribution in [2.75, 3.05) is 5.32 Å². The number of thiocarbonyl (C=S) groups is 1. The van der Waals surface area contributed by atoms with Crippen molar-refractivity contribution in [1.29, 1.82) is 0 Å². The summed E-state index contributed by atoms with van der Waals surface area (Å²) in [6.07, 6.45) is 3.69. The first-order valence-electron chi connectivity index (χ1n) is 6.04. The molecule has 1 aromatic heterocycles. The van der Waals surface area contributed by atoms with E-state index in [9.17, 15) is 0 Å². The van der Waals surface area contributed by atoms with Crippen molar-refractivity contribution < 1.29 is 0 Å². The van der Waals surface area contributed by atoms with Crippen LogP contribution in [0, 0.1) is 12.3 Å². The zero-order valence-electron chi connectivity index (χ0n) is 11.2. The molecule has 0 aliphatic rings. The average molecular weight is 258 g/mol. The van der Waals surface area contributed by atoms with Gasteiger partial charge in [-0.15, -0.1) is 0 Å². The number of fused-ring (bicyclic) bond motifs is 1. The van der Waals surface area contributed by atoms with Gasteiger partial charge in [-0.2, -0.15) is 0 Å². The Morgan fingerprint density at radius 1 is 1.28 bits per heavy atom. The summed E-state index contributed by atoms with van der Waals surface area (Å²) in [5, 5.41) is 5.66. The molecule has 18 heavy (non-hydrogen) atoms. The Morgan fingerprint density at radius 2 is 2.00 bits per heavy atom. The molecule has 0 radical (unpaired) electrons. The van der Waals surface area contributed by atoms with Crippen LogP contribution in [0.15, 0.2) is 30.6 Å². The minimum Gasteiger partial charge on any atom is -0.349 e. The van der Waals surface area contributed by atoms with Gasteiger partial charge in [-0.1, -0.05) is 33.0 Å². The zero-order chi connectivity index (χ0) is 13.3. The SMILES string of the molecule is Cc1cc(NC(=S)C(C)(C)C)c2ccncc2c1. The summed E-state index contributed by atoms with van der Waals surface area (Å²) in [5.41, 5.74) is 2.24. The minimum atomic E-state index is -0.0293. The summed E-state index contributed by atoms with van der Waals surface area (Å²) in [5.74, 6) is 0. The number of benzene rings is 1. The third kappa shape index (κ3) is 2.67. The van der Waals surface area contributed by atoms with Crippen LogP contribution < -0.4 is 5.32 Å². The zero-order valence-corrected chi connectivity index (χ0v) is 12.1. The molecule has 1 aromatic carbocycles. The number of nitrogens with zero attached hydrogens (tertiary/aromatic N) is 1. The lowest BCUT2D eigenvalue weighted by Gasteiger charge is -2.22. The molecule has 0 amide bonds. The van der Waals surface area contributed by atoms with Gasteiger partial charge in [0.25, 0.3) is 0 Å². The summed E-state index contributed by atoms with van der Waals surface area (Å²) in [4.78, 5) is 5.02. The molecule has 94 valence electrons. The van der Waals surface area contributed by atoms with E-state index in [2.05, 4.69) is 50.1 Å². The van der Waals surface area contributed by atoms with Gasteiger partial charge in [0, 0.05) is 34.3 Å². The molecule has 0 fully saturated rings. The first-order chi connectivity index (χ1) is 8.38. The van der Waals surface area contributed by atoms with E-state index in [0.717, 1.165) is 21.4 Å². The van der Waals surface area contributed by atoms with Crippen molar-refractivity contribution in [2.45, 2.75) is 27.7 Å². The summed E-state index contributed by atoms with van der Waals surface area (Å²) >= 11 is 5.45. The lowest BCUT2D eigenvalue weighted by Crippen LogP contribution is -2.25. The number of rotatable bonds is 1. The van der Waals surface area contributed by atoms with Gasteiger partial charge in [0.15, 0.2) is 0 Å². The van der Waals surface area contributed by atoms with Crippen LogP contribution in [0.1, 0.15) is 26.3 Å². The predicted octanol–water partition coefficient (Wildman–Crippen LogP) is 4.33. The number of nitrogens with one attached hydrogen (secondary N) is 1. The Hall–Kier alpha value is -1.48. The van der Waals surface area contributed by atoms with Crippen molar-refractivity contribution in [3.63, 3.8) is 0 Å². The normalized spacial score (nSPS) is 11.6. The third-order valence-electron chi connectivity index (χ3n) is 2.83. The van der Waals surface area contributed by atoms with Gasteiger partial charge < -0.3 is 5.32 Å². The van der Waals surface area contributed by atoms with Crippen molar-refractivity contribution in [3.05, 3.63) is 36.2 Å². The summed E-state index contributed by atoms with van der Waals surface area (Å²) in [6, 6.07) is 6.27. The van der Waals surface area contributed by atoms with Gasteiger partial charge in [-0.05, 0) is 30.7 Å². The molecule has 0 saturated carbocycles. The summed E-state index contributed by atoms with van der Waals surface area (Å²) < 4.78 is 0. The number of pyridine rings is 1. The van der Waals surface area contributed by atoms with E-state index in [1.807, 2.05) is 18.5 Å². The standard InChI is InChI=1S/C15H18N2S/c1-10-7-11-9-16-6-5-12(11)13(8-10)17-14(18)15(2,3)4/h5-9H,1-4H3,(H,17,18). The van der Waals surface area contributed by atoms with Crippen LogP contribution in [0.5, 0.6) is 0 Å². The Balaban J connectivity index is 2.48. The van der Waals surface area contributed by atoms with Gasteiger partial charge in [0.1, 0.15) is 0 Å². The van der Waals surface area contributed by atoms with Crippen LogP contribution in [0.3, 0.4) is 0 Å². The number of aryl methyl sites for hydroxylation is 1. The fourth-order valence-corrected chi connectivity index (χ4v) is 1.88. The number of hydrogen-bond acceptors (Lipinski definition) is 2. The lowest BCUT2D eigenvalue weighted by molar-refractivity contribution is 0.600. The fraction of sp³-hybridized carbons (Fsp3) is 0.333. The van der Waals surface area contributed by atoms with Crippen molar-refractivity contribution in [2.24, 2.45) is 5.41 Å². The second-order valence-electron chi connectivity index (χ2n) is 5.61. The Labute approximate surface area is 113 Å². The van der Waals surface area contributed by atoms with Gasteiger partial charge >= 0.3 is 0 Å². The second-order valence-corrected chi connectivity index (χ2v) is 6.02. The first kappa shape index (κ1) is 13.0. The molecule has 0 aliphatic carbocycles. The maximum atomic E-state index is 5.45. The fourth-order valence-electron chi connectivity index (χ4n) is 1.77. The first-order valence-corrected chi connectivity index (χ1v) is 6.44. The molecule has 0 atom stereocenters. The van der Waals surface area contributed by atoms with Gasteiger partial charge in [0.2, 0.25) is 0 Å². The number of anilines is 1. The molecule has 2 aromatic rings. The molecule has 0 saturated heterocycles. The predicted molar refractivity (Wildman–Crippen MR) is 82.2 cm³/mol. The minimum absolute atomic E-state index is 0.0293. The summed E-state index contributed by atoms with van der Waals surface area (Å²) in [6.45, 7) is 8.42. The van der Waals surface area contributed by atoms with Gasteiger partial charge in [-0.25, -0.2) is 0 Å². The average Bonchev–Trinajstić information content (AvgIpc) is 2.27. The molecule has 0 bridgehead atoms. The molecule has 2 nitrogen and oxygen atoms in total. The van der Waals surface area contributed by atoms with Crippen LogP contribution in [-0.2, 0) is 0 Å². The van der Waals surface area contributed by atoms with E-state index in [0.29, 0.717) is 0 Å². The molecule has 0 unspecified atom stereocenters. The number of hydrogen-bond donors (Lipinski definition) is 1. The molecule has 0 spiro atoms. The van der Waals surface area contributed by atoms with Gasteiger partial charge in [-0.3, -0.25) is 4.98 Å². The highest BCUT2D eigenvalue weighted by molar-refractivity contribution is 7.80. The smallest absolute Gasteiger partial charge is 0.0851 e. The van der Waals surface area contributed by atoms with Crippen molar-refractivity contribution >= 4 is 33.7 Å². The van der Waals surface area contributed by atoms with E-state index in [1.165, 1.54) is 5.56 Å². The van der Waals surface area contributed by atoms with Crippen LogP contribution in [0.4, 0.5) is 5.69 Å². The maximum absolute atomic E-state index is 5.45. The van der Waals surface area contributed by atoms with Crippen LogP contribution in [-0.4, -0.2) is 9.97 Å². The van der Waals surface area contributed by atoms with Crippen LogP contribution >= 0.6 is 12.2 Å². The lowest BCUT2D eigenvalue weighted by atomic mass is 9.96. The van der Waals surface area contributed by atoms with E-state index >= 15 is 0 Å². The van der Waals surface area contributed by atoms with Crippen LogP contribution in [0.2, 0.25) is 0 Å². The molecular weight excluding hydrogens is 240 g/mol. The Morgan fingerprint density at radius 3 is 2.67 bits per heavy atom. The van der Waals surface area contributed by atoms with Crippen LogP contribution in [0.25, 0.3) is 10.8 Å².